The Hall–Kier alpha value is -2.81. The summed E-state index contributed by atoms with van der Waals surface area (Å²) in [4.78, 5) is 13.0. The van der Waals surface area contributed by atoms with Crippen LogP contribution in [0, 0.1) is 5.82 Å². The summed E-state index contributed by atoms with van der Waals surface area (Å²) in [7, 11) is 1.51. The van der Waals surface area contributed by atoms with E-state index in [1.807, 2.05) is 12.3 Å². The molecule has 1 heterocycles. The monoisotopic (exact) mass is 362 g/mol. The SMILES string of the molecule is CSc1cccc(-n2nnn(C)c2=O)c1COc1ccc(O)cc1F. The molecule has 25 heavy (non-hydrogen) atoms. The van der Waals surface area contributed by atoms with Gasteiger partial charge in [0.15, 0.2) is 11.6 Å². The summed E-state index contributed by atoms with van der Waals surface area (Å²) in [5.74, 6) is -0.841. The van der Waals surface area contributed by atoms with Gasteiger partial charge in [-0.1, -0.05) is 6.07 Å². The van der Waals surface area contributed by atoms with Crippen molar-refractivity contribution in [3.8, 4) is 17.2 Å². The number of rotatable bonds is 5. The van der Waals surface area contributed by atoms with E-state index < -0.39 is 11.5 Å². The van der Waals surface area contributed by atoms with Crippen molar-refractivity contribution in [3.05, 3.63) is 58.3 Å². The van der Waals surface area contributed by atoms with Crippen LogP contribution in [0.15, 0.2) is 46.1 Å². The van der Waals surface area contributed by atoms with Crippen LogP contribution < -0.4 is 10.4 Å². The van der Waals surface area contributed by atoms with Gasteiger partial charge in [0.1, 0.15) is 12.4 Å². The maximum atomic E-state index is 13.9. The second-order valence-electron chi connectivity index (χ2n) is 5.16. The molecule has 0 aliphatic carbocycles. The van der Waals surface area contributed by atoms with Gasteiger partial charge in [0.05, 0.1) is 5.69 Å². The molecular weight excluding hydrogens is 347 g/mol. The fraction of sp³-hybridized carbons (Fsp3) is 0.188. The number of aromatic hydroxyl groups is 1. The molecular formula is C16H15FN4O3S. The number of nitrogens with zero attached hydrogens (tertiary/aromatic N) is 4. The molecule has 0 radical (unpaired) electrons. The first-order valence-corrected chi connectivity index (χ1v) is 8.50. The number of aryl methyl sites for hydroxylation is 1. The number of aromatic nitrogens is 4. The van der Waals surface area contributed by atoms with Gasteiger partial charge in [0.25, 0.3) is 0 Å². The van der Waals surface area contributed by atoms with Gasteiger partial charge < -0.3 is 9.84 Å². The largest absolute Gasteiger partial charge is 0.508 e. The van der Waals surface area contributed by atoms with Gasteiger partial charge in [-0.05, 0) is 40.9 Å². The molecule has 3 rings (SSSR count). The third-order valence-electron chi connectivity index (χ3n) is 3.57. The van der Waals surface area contributed by atoms with E-state index in [4.69, 9.17) is 4.74 Å². The lowest BCUT2D eigenvalue weighted by Crippen LogP contribution is -2.23. The molecule has 2 aromatic carbocycles. The molecule has 1 aromatic heterocycles. The van der Waals surface area contributed by atoms with Gasteiger partial charge in [-0.3, -0.25) is 0 Å². The van der Waals surface area contributed by atoms with Crippen LogP contribution in [0.1, 0.15) is 5.56 Å². The van der Waals surface area contributed by atoms with E-state index in [2.05, 4.69) is 10.4 Å². The van der Waals surface area contributed by atoms with Crippen LogP contribution in [0.2, 0.25) is 0 Å². The van der Waals surface area contributed by atoms with Gasteiger partial charge in [-0.2, -0.15) is 9.36 Å². The molecule has 0 aliphatic rings. The van der Waals surface area contributed by atoms with Crippen molar-refractivity contribution in [1.82, 2.24) is 19.8 Å². The predicted molar refractivity (Wildman–Crippen MR) is 90.8 cm³/mol. The Morgan fingerprint density at radius 2 is 2.08 bits per heavy atom. The van der Waals surface area contributed by atoms with Crippen LogP contribution >= 0.6 is 11.8 Å². The van der Waals surface area contributed by atoms with Crippen LogP contribution in [0.25, 0.3) is 5.69 Å². The molecule has 9 heteroatoms. The standard InChI is InChI=1S/C16H15FN4O3S/c1-20-16(23)21(19-18-20)13-4-3-5-15(25-2)11(13)9-24-14-7-6-10(22)8-12(14)17/h3-8,22H,9H2,1-2H3. The smallest absolute Gasteiger partial charge is 0.368 e. The average Bonchev–Trinajstić information content (AvgIpc) is 2.93. The number of hydrogen-bond donors (Lipinski definition) is 1. The summed E-state index contributed by atoms with van der Waals surface area (Å²) in [5, 5.41) is 16.8. The normalized spacial score (nSPS) is 10.8. The Balaban J connectivity index is 1.99. The molecule has 0 bridgehead atoms. The summed E-state index contributed by atoms with van der Waals surface area (Å²) in [6, 6.07) is 9.06. The van der Waals surface area contributed by atoms with E-state index in [0.29, 0.717) is 11.3 Å². The highest BCUT2D eigenvalue weighted by atomic mass is 32.2. The number of halogens is 1. The lowest BCUT2D eigenvalue weighted by molar-refractivity contribution is 0.286. The first-order chi connectivity index (χ1) is 12.0. The van der Waals surface area contributed by atoms with Crippen molar-refractivity contribution in [2.45, 2.75) is 11.5 Å². The number of benzene rings is 2. The summed E-state index contributed by atoms with van der Waals surface area (Å²) in [6.45, 7) is 0.0249. The van der Waals surface area contributed by atoms with Gasteiger partial charge >= 0.3 is 5.69 Å². The number of phenolic OH excluding ortho intramolecular Hbond substituents is 1. The molecule has 3 aromatic rings. The molecule has 0 spiro atoms. The summed E-state index contributed by atoms with van der Waals surface area (Å²) < 4.78 is 21.7. The van der Waals surface area contributed by atoms with Crippen LogP contribution in [0.5, 0.6) is 11.5 Å². The molecule has 0 saturated heterocycles. The van der Waals surface area contributed by atoms with E-state index in [0.717, 1.165) is 15.6 Å². The minimum atomic E-state index is -0.667. The maximum absolute atomic E-state index is 13.9. The van der Waals surface area contributed by atoms with Crippen LogP contribution in [-0.4, -0.2) is 31.2 Å². The first kappa shape index (κ1) is 17.0. The Kier molecular flexibility index (Phi) is 4.75. The molecule has 130 valence electrons. The topological polar surface area (TPSA) is 82.2 Å². The highest BCUT2D eigenvalue weighted by Crippen LogP contribution is 2.28. The minimum Gasteiger partial charge on any atom is -0.508 e. The third kappa shape index (κ3) is 3.36. The average molecular weight is 362 g/mol. The van der Waals surface area contributed by atoms with Gasteiger partial charge in [-0.25, -0.2) is 9.18 Å². The van der Waals surface area contributed by atoms with Crippen LogP contribution in [-0.2, 0) is 13.7 Å². The zero-order chi connectivity index (χ0) is 18.0. The molecule has 0 unspecified atom stereocenters. The molecule has 0 saturated carbocycles. The Bertz CT molecular complexity index is 970. The van der Waals surface area contributed by atoms with E-state index in [-0.39, 0.29) is 18.1 Å². The van der Waals surface area contributed by atoms with Gasteiger partial charge in [0.2, 0.25) is 0 Å². The van der Waals surface area contributed by atoms with Crippen LogP contribution in [0.4, 0.5) is 4.39 Å². The summed E-state index contributed by atoms with van der Waals surface area (Å²) >= 11 is 1.47. The second-order valence-corrected chi connectivity index (χ2v) is 6.01. The van der Waals surface area contributed by atoms with Crippen molar-refractivity contribution >= 4 is 11.8 Å². The second kappa shape index (κ2) is 6.98. The lowest BCUT2D eigenvalue weighted by atomic mass is 10.2. The fourth-order valence-electron chi connectivity index (χ4n) is 2.31. The summed E-state index contributed by atoms with van der Waals surface area (Å²) in [6.07, 6.45) is 1.89. The molecule has 0 atom stereocenters. The molecule has 7 nitrogen and oxygen atoms in total. The lowest BCUT2D eigenvalue weighted by Gasteiger charge is -2.14. The van der Waals surface area contributed by atoms with Gasteiger partial charge in [0, 0.05) is 23.6 Å². The van der Waals surface area contributed by atoms with Crippen molar-refractivity contribution in [2.24, 2.45) is 7.05 Å². The minimum absolute atomic E-state index is 0.00569. The maximum Gasteiger partial charge on any atom is 0.368 e. The number of ether oxygens (including phenoxy) is 1. The third-order valence-corrected chi connectivity index (χ3v) is 4.39. The van der Waals surface area contributed by atoms with Crippen molar-refractivity contribution in [1.29, 1.82) is 0 Å². The highest BCUT2D eigenvalue weighted by molar-refractivity contribution is 7.98. The van der Waals surface area contributed by atoms with Crippen molar-refractivity contribution < 1.29 is 14.2 Å². The number of phenols is 1. The quantitative estimate of drug-likeness (QED) is 0.700. The van der Waals surface area contributed by atoms with E-state index in [1.165, 1.54) is 35.6 Å². The number of thioether (sulfide) groups is 1. The number of hydrogen-bond acceptors (Lipinski definition) is 6. The molecule has 0 fully saturated rings. The highest BCUT2D eigenvalue weighted by Gasteiger charge is 2.16. The number of tetrazole rings is 1. The molecule has 0 amide bonds. The molecule has 1 N–H and O–H groups in total. The van der Waals surface area contributed by atoms with E-state index >= 15 is 0 Å². The van der Waals surface area contributed by atoms with E-state index in [1.54, 1.807) is 12.1 Å². The van der Waals surface area contributed by atoms with Crippen molar-refractivity contribution in [2.75, 3.05) is 6.26 Å². The van der Waals surface area contributed by atoms with E-state index in [9.17, 15) is 14.3 Å². The zero-order valence-corrected chi connectivity index (χ0v) is 14.3. The predicted octanol–water partition coefficient (Wildman–Crippen LogP) is 2.11. The Morgan fingerprint density at radius 1 is 1.28 bits per heavy atom. The zero-order valence-electron chi connectivity index (χ0n) is 13.5. The van der Waals surface area contributed by atoms with Crippen LogP contribution in [0.3, 0.4) is 0 Å². The Morgan fingerprint density at radius 3 is 2.72 bits per heavy atom. The Labute approximate surface area is 146 Å². The molecule has 0 aliphatic heterocycles. The van der Waals surface area contributed by atoms with Crippen molar-refractivity contribution in [3.63, 3.8) is 0 Å². The van der Waals surface area contributed by atoms with Gasteiger partial charge in [-0.15, -0.1) is 11.8 Å². The summed E-state index contributed by atoms with van der Waals surface area (Å²) in [5.41, 5.74) is 0.810. The first-order valence-electron chi connectivity index (χ1n) is 7.28. The fourth-order valence-corrected chi connectivity index (χ4v) is 2.93.